The molecular formula is C36H38N2O2. The van der Waals surface area contributed by atoms with Crippen molar-refractivity contribution in [3.8, 4) is 22.9 Å². The van der Waals surface area contributed by atoms with Crippen molar-refractivity contribution in [1.82, 2.24) is 9.97 Å². The summed E-state index contributed by atoms with van der Waals surface area (Å²) in [5.74, 6) is 1.25. The number of rotatable bonds is 7. The highest BCUT2D eigenvalue weighted by atomic mass is 16.4. The van der Waals surface area contributed by atoms with Gasteiger partial charge < -0.3 is 8.83 Å². The smallest absolute Gasteiger partial charge is 0.227 e. The summed E-state index contributed by atoms with van der Waals surface area (Å²) >= 11 is 0. The number of benzene rings is 4. The molecule has 2 heterocycles. The molecule has 0 saturated heterocycles. The molecule has 2 aromatic heterocycles. The average Bonchev–Trinajstić information content (AvgIpc) is 3.55. The first-order chi connectivity index (χ1) is 19.1. The van der Waals surface area contributed by atoms with Crippen LogP contribution in [-0.2, 0) is 10.8 Å². The highest BCUT2D eigenvalue weighted by Crippen LogP contribution is 2.38. The number of hydrogen-bond donors (Lipinski definition) is 0. The summed E-state index contributed by atoms with van der Waals surface area (Å²) in [6.07, 6.45) is 4.90. The van der Waals surface area contributed by atoms with Gasteiger partial charge >= 0.3 is 0 Å². The molecule has 0 atom stereocenters. The zero-order valence-corrected chi connectivity index (χ0v) is 24.5. The molecule has 0 spiro atoms. The summed E-state index contributed by atoms with van der Waals surface area (Å²) in [6.45, 7) is 13.5. The van der Waals surface area contributed by atoms with Crippen molar-refractivity contribution in [3.05, 3.63) is 83.9 Å². The zero-order valence-electron chi connectivity index (χ0n) is 24.5. The van der Waals surface area contributed by atoms with E-state index in [9.17, 15) is 0 Å². The Balaban J connectivity index is 1.40. The van der Waals surface area contributed by atoms with Gasteiger partial charge in [-0.05, 0) is 75.5 Å². The van der Waals surface area contributed by atoms with E-state index in [1.165, 1.54) is 30.4 Å². The van der Waals surface area contributed by atoms with Crippen molar-refractivity contribution >= 4 is 33.0 Å². The summed E-state index contributed by atoms with van der Waals surface area (Å²) in [5.41, 5.74) is 8.00. The molecule has 40 heavy (non-hydrogen) atoms. The fraction of sp³-hybridized carbons (Fsp3) is 0.333. The van der Waals surface area contributed by atoms with Gasteiger partial charge in [-0.3, -0.25) is 0 Å². The van der Waals surface area contributed by atoms with Crippen LogP contribution in [0.25, 0.3) is 55.9 Å². The lowest BCUT2D eigenvalue weighted by molar-refractivity contribution is 0.450. The van der Waals surface area contributed by atoms with Crippen molar-refractivity contribution in [1.29, 1.82) is 0 Å². The summed E-state index contributed by atoms with van der Waals surface area (Å²) in [7, 11) is 0. The van der Waals surface area contributed by atoms with E-state index in [1.54, 1.807) is 0 Å². The van der Waals surface area contributed by atoms with E-state index in [0.717, 1.165) is 50.5 Å². The minimum Gasteiger partial charge on any atom is -0.436 e. The first kappa shape index (κ1) is 26.3. The normalized spacial score (nSPS) is 12.7. The van der Waals surface area contributed by atoms with Gasteiger partial charge in [-0.2, -0.15) is 0 Å². The van der Waals surface area contributed by atoms with Crippen LogP contribution in [0.2, 0.25) is 0 Å². The van der Waals surface area contributed by atoms with Gasteiger partial charge in [-0.1, -0.05) is 97.2 Å². The van der Waals surface area contributed by atoms with Gasteiger partial charge in [0.2, 0.25) is 11.8 Å². The SMILES string of the molecule is CCCCCC(C)(C)c1ccc2oc(-c3ccc(-c4nc5cc(C(C)(C)C)ccc5o4)c4ccccc34)nc2c1. The molecule has 0 aliphatic heterocycles. The van der Waals surface area contributed by atoms with Crippen LogP contribution in [0.15, 0.2) is 81.6 Å². The molecule has 0 amide bonds. The Kier molecular flexibility index (Phi) is 6.53. The maximum atomic E-state index is 6.32. The Morgan fingerprint density at radius 2 is 1.15 bits per heavy atom. The quantitative estimate of drug-likeness (QED) is 0.193. The topological polar surface area (TPSA) is 52.1 Å². The second-order valence-corrected chi connectivity index (χ2v) is 12.7. The highest BCUT2D eigenvalue weighted by Gasteiger charge is 2.23. The van der Waals surface area contributed by atoms with Crippen LogP contribution in [0.3, 0.4) is 0 Å². The number of unbranched alkanes of at least 4 members (excludes halogenated alkanes) is 2. The van der Waals surface area contributed by atoms with Crippen LogP contribution in [0.5, 0.6) is 0 Å². The molecule has 0 radical (unpaired) electrons. The van der Waals surface area contributed by atoms with Gasteiger partial charge in [0.25, 0.3) is 0 Å². The van der Waals surface area contributed by atoms with Crippen molar-refractivity contribution in [2.75, 3.05) is 0 Å². The van der Waals surface area contributed by atoms with Crippen molar-refractivity contribution in [2.45, 2.75) is 78.1 Å². The summed E-state index contributed by atoms with van der Waals surface area (Å²) in [6, 6.07) is 25.3. The maximum Gasteiger partial charge on any atom is 0.227 e. The molecule has 0 saturated carbocycles. The van der Waals surface area contributed by atoms with E-state index in [4.69, 9.17) is 18.8 Å². The largest absolute Gasteiger partial charge is 0.436 e. The molecule has 4 heteroatoms. The van der Waals surface area contributed by atoms with Crippen LogP contribution < -0.4 is 0 Å². The van der Waals surface area contributed by atoms with Gasteiger partial charge in [0.1, 0.15) is 11.0 Å². The van der Waals surface area contributed by atoms with E-state index < -0.39 is 0 Å². The minimum absolute atomic E-state index is 0.0484. The Labute approximate surface area is 236 Å². The first-order valence-electron chi connectivity index (χ1n) is 14.5. The molecule has 4 aromatic carbocycles. The van der Waals surface area contributed by atoms with Crippen LogP contribution in [0.4, 0.5) is 0 Å². The number of oxazole rings is 2. The van der Waals surface area contributed by atoms with Crippen molar-refractivity contribution < 1.29 is 8.83 Å². The lowest BCUT2D eigenvalue weighted by Crippen LogP contribution is -2.16. The van der Waals surface area contributed by atoms with Gasteiger partial charge in [0.05, 0.1) is 0 Å². The molecule has 0 bridgehead atoms. The average molecular weight is 531 g/mol. The minimum atomic E-state index is 0.0484. The molecule has 6 rings (SSSR count). The second kappa shape index (κ2) is 9.92. The number of nitrogens with zero attached hydrogens (tertiary/aromatic N) is 2. The maximum absolute atomic E-state index is 6.32. The van der Waals surface area contributed by atoms with E-state index in [0.29, 0.717) is 11.8 Å². The molecule has 0 unspecified atom stereocenters. The predicted octanol–water partition coefficient (Wildman–Crippen LogP) is 10.6. The molecule has 0 aliphatic carbocycles. The van der Waals surface area contributed by atoms with E-state index in [1.807, 2.05) is 6.07 Å². The molecule has 0 fully saturated rings. The Hall–Kier alpha value is -3.92. The summed E-state index contributed by atoms with van der Waals surface area (Å²) < 4.78 is 12.6. The fourth-order valence-corrected chi connectivity index (χ4v) is 5.61. The van der Waals surface area contributed by atoms with Gasteiger partial charge in [-0.25, -0.2) is 9.97 Å². The molecule has 0 aliphatic rings. The van der Waals surface area contributed by atoms with Gasteiger partial charge in [-0.15, -0.1) is 0 Å². The Morgan fingerprint density at radius 3 is 1.68 bits per heavy atom. The van der Waals surface area contributed by atoms with Gasteiger partial charge in [0, 0.05) is 11.1 Å². The van der Waals surface area contributed by atoms with Crippen molar-refractivity contribution in [3.63, 3.8) is 0 Å². The number of fused-ring (bicyclic) bond motifs is 3. The molecule has 204 valence electrons. The second-order valence-electron chi connectivity index (χ2n) is 12.7. The van der Waals surface area contributed by atoms with E-state index >= 15 is 0 Å². The van der Waals surface area contributed by atoms with Crippen LogP contribution in [0, 0.1) is 0 Å². The molecule has 6 aromatic rings. The van der Waals surface area contributed by atoms with E-state index in [-0.39, 0.29) is 10.8 Å². The molecule has 0 N–H and O–H groups in total. The first-order valence-corrected chi connectivity index (χ1v) is 14.5. The molecular weight excluding hydrogens is 492 g/mol. The third-order valence-electron chi connectivity index (χ3n) is 8.21. The number of aromatic nitrogens is 2. The third-order valence-corrected chi connectivity index (χ3v) is 8.21. The van der Waals surface area contributed by atoms with Crippen LogP contribution in [-0.4, -0.2) is 9.97 Å². The van der Waals surface area contributed by atoms with Crippen LogP contribution in [0.1, 0.15) is 78.4 Å². The standard InChI is InChI=1S/C36H38N2O2/c1-7-8-11-20-36(5,6)24-15-19-32-30(22-24)38-34(40-32)28-17-16-27(25-12-9-10-13-26(25)28)33-37-29-21-23(35(2,3)4)14-18-31(29)39-33/h9-10,12-19,21-22H,7-8,11,20H2,1-6H3. The highest BCUT2D eigenvalue weighted by molar-refractivity contribution is 6.03. The Morgan fingerprint density at radius 1 is 0.625 bits per heavy atom. The summed E-state index contributed by atoms with van der Waals surface area (Å²) in [5, 5.41) is 2.12. The van der Waals surface area contributed by atoms with E-state index in [2.05, 4.69) is 108 Å². The third kappa shape index (κ3) is 4.81. The number of hydrogen-bond acceptors (Lipinski definition) is 4. The fourth-order valence-electron chi connectivity index (χ4n) is 5.61. The van der Waals surface area contributed by atoms with Crippen LogP contribution >= 0.6 is 0 Å². The predicted molar refractivity (Wildman–Crippen MR) is 166 cm³/mol. The van der Waals surface area contributed by atoms with Gasteiger partial charge in [0.15, 0.2) is 11.2 Å². The Bertz CT molecular complexity index is 1830. The lowest BCUT2D eigenvalue weighted by atomic mass is 9.80. The zero-order chi connectivity index (χ0) is 28.1. The summed E-state index contributed by atoms with van der Waals surface area (Å²) in [4.78, 5) is 9.87. The monoisotopic (exact) mass is 530 g/mol. The molecule has 4 nitrogen and oxygen atoms in total. The lowest BCUT2D eigenvalue weighted by Gasteiger charge is -2.25. The van der Waals surface area contributed by atoms with Crippen molar-refractivity contribution in [2.24, 2.45) is 0 Å².